The molecule has 2 rings (SSSR count). The third-order valence-electron chi connectivity index (χ3n) is 4.19. The van der Waals surface area contributed by atoms with Gasteiger partial charge in [-0.15, -0.1) is 11.8 Å². The van der Waals surface area contributed by atoms with Crippen molar-refractivity contribution < 1.29 is 19.6 Å². The molecule has 1 aromatic carbocycles. The number of hydrogen-bond acceptors (Lipinski definition) is 5. The number of nitrogens with zero attached hydrogens (tertiary/aromatic N) is 1. The minimum Gasteiger partial charge on any atom is -0.481 e. The monoisotopic (exact) mass is 366 g/mol. The Kier molecular flexibility index (Phi) is 6.41. The fourth-order valence-electron chi connectivity index (χ4n) is 2.91. The Hall–Kier alpha value is -2.09. The van der Waals surface area contributed by atoms with Gasteiger partial charge in [0.2, 0.25) is 0 Å². The van der Waals surface area contributed by atoms with Crippen molar-refractivity contribution in [1.29, 1.82) is 0 Å². The van der Waals surface area contributed by atoms with E-state index >= 15 is 0 Å². The largest absolute Gasteiger partial charge is 0.481 e. The number of carboxylic acid groups (broad SMARTS) is 1. The van der Waals surface area contributed by atoms with E-state index in [0.29, 0.717) is 36.1 Å². The second-order valence-corrected chi connectivity index (χ2v) is 8.08. The predicted molar refractivity (Wildman–Crippen MR) is 94.9 cm³/mol. The molecule has 8 heteroatoms. The topological polar surface area (TPSA) is 110 Å². The van der Waals surface area contributed by atoms with E-state index in [2.05, 4.69) is 5.32 Å². The highest BCUT2D eigenvalue weighted by molar-refractivity contribution is 8.00. The molecule has 136 valence electrons. The number of hydrogen-bond donors (Lipinski definition) is 2. The van der Waals surface area contributed by atoms with Crippen molar-refractivity contribution in [2.24, 2.45) is 5.92 Å². The van der Waals surface area contributed by atoms with E-state index in [1.54, 1.807) is 6.07 Å². The zero-order chi connectivity index (χ0) is 18.6. The second kappa shape index (κ2) is 8.33. The molecule has 1 fully saturated rings. The molecule has 0 spiro atoms. The van der Waals surface area contributed by atoms with Gasteiger partial charge >= 0.3 is 5.97 Å². The van der Waals surface area contributed by atoms with Crippen molar-refractivity contribution in [3.05, 3.63) is 33.9 Å². The zero-order valence-corrected chi connectivity index (χ0v) is 15.0. The smallest absolute Gasteiger partial charge is 0.306 e. The number of non-ortho nitro benzene ring substituents is 1. The van der Waals surface area contributed by atoms with E-state index in [1.807, 2.05) is 13.8 Å². The van der Waals surface area contributed by atoms with Crippen molar-refractivity contribution in [3.8, 4) is 0 Å². The first kappa shape index (κ1) is 19.2. The number of carbonyl (C=O) groups excluding carboxylic acids is 1. The Morgan fingerprint density at radius 1 is 1.28 bits per heavy atom. The number of aliphatic carboxylic acids is 1. The van der Waals surface area contributed by atoms with Gasteiger partial charge in [0.25, 0.3) is 11.6 Å². The van der Waals surface area contributed by atoms with Crippen LogP contribution in [0.3, 0.4) is 0 Å². The van der Waals surface area contributed by atoms with E-state index in [0.717, 1.165) is 0 Å². The molecule has 0 saturated heterocycles. The summed E-state index contributed by atoms with van der Waals surface area (Å²) >= 11 is 1.48. The normalized spacial score (nSPS) is 20.3. The quantitative estimate of drug-likeness (QED) is 0.453. The summed E-state index contributed by atoms with van der Waals surface area (Å²) in [6.07, 6.45) is 2.26. The first-order chi connectivity index (χ1) is 11.8. The third kappa shape index (κ3) is 5.19. The Morgan fingerprint density at radius 2 is 1.92 bits per heavy atom. The predicted octanol–water partition coefficient (Wildman–Crippen LogP) is 3.47. The minimum absolute atomic E-state index is 0.0979. The first-order valence-electron chi connectivity index (χ1n) is 8.26. The van der Waals surface area contributed by atoms with Crippen LogP contribution in [-0.2, 0) is 4.79 Å². The molecule has 25 heavy (non-hydrogen) atoms. The molecule has 1 saturated carbocycles. The van der Waals surface area contributed by atoms with Crippen LogP contribution in [-0.4, -0.2) is 33.2 Å². The number of nitro benzene ring substituents is 1. The molecule has 1 aliphatic rings. The summed E-state index contributed by atoms with van der Waals surface area (Å²) in [5.41, 5.74) is 0.182. The van der Waals surface area contributed by atoms with Crippen molar-refractivity contribution in [3.63, 3.8) is 0 Å². The van der Waals surface area contributed by atoms with Crippen LogP contribution in [0.15, 0.2) is 23.1 Å². The first-order valence-corrected chi connectivity index (χ1v) is 9.14. The molecule has 1 amide bonds. The highest BCUT2D eigenvalue weighted by Crippen LogP contribution is 2.30. The molecule has 1 aliphatic carbocycles. The van der Waals surface area contributed by atoms with Crippen molar-refractivity contribution >= 4 is 29.3 Å². The van der Waals surface area contributed by atoms with Crippen molar-refractivity contribution in [2.75, 3.05) is 0 Å². The van der Waals surface area contributed by atoms with E-state index in [-0.39, 0.29) is 28.8 Å². The van der Waals surface area contributed by atoms with Crippen LogP contribution in [0.2, 0.25) is 0 Å². The Morgan fingerprint density at radius 3 is 2.44 bits per heavy atom. The van der Waals surface area contributed by atoms with Gasteiger partial charge in [0, 0.05) is 28.3 Å². The second-order valence-electron chi connectivity index (χ2n) is 6.46. The molecular formula is C17H22N2O5S. The van der Waals surface area contributed by atoms with Gasteiger partial charge in [-0.05, 0) is 31.7 Å². The summed E-state index contributed by atoms with van der Waals surface area (Å²) in [4.78, 5) is 34.8. The van der Waals surface area contributed by atoms with E-state index in [1.165, 1.54) is 23.9 Å². The molecule has 1 aromatic rings. The number of rotatable bonds is 6. The van der Waals surface area contributed by atoms with E-state index in [9.17, 15) is 19.7 Å². The average molecular weight is 366 g/mol. The minimum atomic E-state index is -0.793. The number of amides is 1. The summed E-state index contributed by atoms with van der Waals surface area (Å²) < 4.78 is 0. The molecule has 0 radical (unpaired) electrons. The summed E-state index contributed by atoms with van der Waals surface area (Å²) in [6, 6.07) is 4.22. The van der Waals surface area contributed by atoms with Crippen LogP contribution < -0.4 is 5.32 Å². The van der Waals surface area contributed by atoms with Crippen LogP contribution in [0.5, 0.6) is 0 Å². The number of thioether (sulfide) groups is 1. The fourth-order valence-corrected chi connectivity index (χ4v) is 3.85. The Balaban J connectivity index is 2.13. The highest BCUT2D eigenvalue weighted by Gasteiger charge is 2.28. The maximum Gasteiger partial charge on any atom is 0.306 e. The lowest BCUT2D eigenvalue weighted by Gasteiger charge is -2.27. The van der Waals surface area contributed by atoms with Crippen LogP contribution in [0, 0.1) is 16.0 Å². The van der Waals surface area contributed by atoms with Gasteiger partial charge in [0.15, 0.2) is 0 Å². The van der Waals surface area contributed by atoms with Gasteiger partial charge < -0.3 is 10.4 Å². The molecule has 7 nitrogen and oxygen atoms in total. The molecular weight excluding hydrogens is 344 g/mol. The molecule has 0 aromatic heterocycles. The van der Waals surface area contributed by atoms with Crippen LogP contribution >= 0.6 is 11.8 Å². The maximum absolute atomic E-state index is 12.6. The van der Waals surface area contributed by atoms with Gasteiger partial charge in [-0.2, -0.15) is 0 Å². The lowest BCUT2D eigenvalue weighted by Crippen LogP contribution is -2.39. The summed E-state index contributed by atoms with van der Waals surface area (Å²) in [5, 5.41) is 23.2. The molecule has 0 bridgehead atoms. The highest BCUT2D eigenvalue weighted by atomic mass is 32.2. The van der Waals surface area contributed by atoms with Crippen molar-refractivity contribution in [2.45, 2.75) is 55.7 Å². The molecule has 0 heterocycles. The number of benzene rings is 1. The van der Waals surface area contributed by atoms with E-state index in [4.69, 9.17) is 5.11 Å². The standard InChI is InChI=1S/C17H22N2O5S/c1-10(2)25-15-8-7-13(19(23)24)9-14(15)16(20)18-12-5-3-11(4-6-12)17(21)22/h7-12H,3-6H2,1-2H3,(H,18,20)(H,21,22). The third-order valence-corrected chi connectivity index (χ3v) is 5.27. The molecule has 0 atom stereocenters. The lowest BCUT2D eigenvalue weighted by atomic mass is 9.86. The summed E-state index contributed by atoms with van der Waals surface area (Å²) in [5.74, 6) is -1.48. The van der Waals surface area contributed by atoms with Crippen molar-refractivity contribution in [1.82, 2.24) is 5.32 Å². The lowest BCUT2D eigenvalue weighted by molar-refractivity contribution is -0.384. The SMILES string of the molecule is CC(C)Sc1ccc([N+](=O)[O-])cc1C(=O)NC1CCC(C(=O)O)CC1. The molecule has 0 aliphatic heterocycles. The number of carbonyl (C=O) groups is 2. The van der Waals surface area contributed by atoms with Crippen LogP contribution in [0.25, 0.3) is 0 Å². The summed E-state index contributed by atoms with van der Waals surface area (Å²) in [6.45, 7) is 3.97. The Bertz CT molecular complexity index is 669. The van der Waals surface area contributed by atoms with Crippen LogP contribution in [0.4, 0.5) is 5.69 Å². The van der Waals surface area contributed by atoms with Gasteiger partial charge in [-0.25, -0.2) is 0 Å². The van der Waals surface area contributed by atoms with Gasteiger partial charge in [0.05, 0.1) is 16.4 Å². The van der Waals surface area contributed by atoms with E-state index < -0.39 is 10.9 Å². The zero-order valence-electron chi connectivity index (χ0n) is 14.2. The van der Waals surface area contributed by atoms with Gasteiger partial charge in [-0.3, -0.25) is 19.7 Å². The molecule has 2 N–H and O–H groups in total. The van der Waals surface area contributed by atoms with Gasteiger partial charge in [0.1, 0.15) is 0 Å². The maximum atomic E-state index is 12.6. The summed E-state index contributed by atoms with van der Waals surface area (Å²) in [7, 11) is 0. The number of nitro groups is 1. The number of carboxylic acids is 1. The average Bonchev–Trinajstić information content (AvgIpc) is 2.54. The Labute approximate surface area is 150 Å². The van der Waals surface area contributed by atoms with Crippen LogP contribution in [0.1, 0.15) is 49.9 Å². The molecule has 0 unspecified atom stereocenters. The van der Waals surface area contributed by atoms with Gasteiger partial charge in [-0.1, -0.05) is 13.8 Å². The number of nitrogens with one attached hydrogen (secondary N) is 1. The fraction of sp³-hybridized carbons (Fsp3) is 0.529.